The van der Waals surface area contributed by atoms with Crippen LogP contribution in [0, 0.1) is 0 Å². The van der Waals surface area contributed by atoms with Crippen LogP contribution in [0.4, 0.5) is 0 Å². The molecule has 17 heavy (non-hydrogen) atoms. The fraction of sp³-hybridized carbons (Fsp3) is 0.700. The van der Waals surface area contributed by atoms with Crippen molar-refractivity contribution in [3.8, 4) is 0 Å². The lowest BCUT2D eigenvalue weighted by molar-refractivity contribution is 0.484. The highest BCUT2D eigenvalue weighted by atomic mass is 35.5. The second kappa shape index (κ2) is 5.37. The molecule has 1 aromatic heterocycles. The van der Waals surface area contributed by atoms with Crippen molar-refractivity contribution in [3.63, 3.8) is 0 Å². The average Bonchev–Trinajstić information content (AvgIpc) is 2.53. The maximum absolute atomic E-state index is 11.7. The number of rotatable bonds is 5. The Bertz CT molecular complexity index is 464. The Balaban J connectivity index is 3.19. The molecule has 0 aliphatic heterocycles. The molecular formula is C10H18ClN3O2S. The van der Waals surface area contributed by atoms with E-state index in [-0.39, 0.29) is 6.04 Å². The molecule has 2 atom stereocenters. The van der Waals surface area contributed by atoms with E-state index in [4.69, 9.17) is 11.6 Å². The van der Waals surface area contributed by atoms with Crippen LogP contribution in [-0.4, -0.2) is 36.2 Å². The van der Waals surface area contributed by atoms with Crippen LogP contribution in [0.1, 0.15) is 25.6 Å². The molecule has 0 aliphatic rings. The minimum Gasteiger partial charge on any atom is -0.308 e. The van der Waals surface area contributed by atoms with E-state index in [0.29, 0.717) is 17.3 Å². The van der Waals surface area contributed by atoms with Gasteiger partial charge in [0.1, 0.15) is 0 Å². The summed E-state index contributed by atoms with van der Waals surface area (Å²) in [6.45, 7) is 4.25. The van der Waals surface area contributed by atoms with Gasteiger partial charge >= 0.3 is 0 Å². The Kier molecular flexibility index (Phi) is 4.57. The van der Waals surface area contributed by atoms with E-state index in [0.717, 1.165) is 0 Å². The fourth-order valence-electron chi connectivity index (χ4n) is 1.72. The topological polar surface area (TPSA) is 64.0 Å². The molecule has 0 aromatic carbocycles. The number of hydrogen-bond acceptors (Lipinski definition) is 4. The maximum atomic E-state index is 11.7. The Morgan fingerprint density at radius 2 is 2.18 bits per heavy atom. The first-order valence-corrected chi connectivity index (χ1v) is 7.72. The summed E-state index contributed by atoms with van der Waals surface area (Å²) in [5, 5.41) is 7.10. The predicted molar refractivity (Wildman–Crippen MR) is 68.9 cm³/mol. The largest absolute Gasteiger partial charge is 0.308 e. The third-order valence-corrected chi connectivity index (χ3v) is 4.72. The fourth-order valence-corrected chi connectivity index (χ4v) is 2.73. The Morgan fingerprint density at radius 3 is 2.53 bits per heavy atom. The minimum absolute atomic E-state index is 0.352. The second-order valence-corrected chi connectivity index (χ2v) is 6.88. The lowest BCUT2D eigenvalue weighted by Crippen LogP contribution is -2.36. The molecule has 0 amide bonds. The quantitative estimate of drug-likeness (QED) is 0.878. The van der Waals surface area contributed by atoms with Crippen molar-refractivity contribution in [2.45, 2.75) is 25.1 Å². The van der Waals surface area contributed by atoms with Gasteiger partial charge in [-0.2, -0.15) is 5.10 Å². The lowest BCUT2D eigenvalue weighted by atomic mass is 10.1. The standard InChI is InChI=1S/C10H18ClN3O2S/c1-5-12-9(7(2)17(4,15)16)10-8(11)6-13-14(10)3/h6-7,9,12H,5H2,1-4H3. The van der Waals surface area contributed by atoms with E-state index in [1.54, 1.807) is 18.7 Å². The molecule has 0 radical (unpaired) electrons. The third kappa shape index (κ3) is 3.20. The molecule has 7 heteroatoms. The van der Waals surface area contributed by atoms with E-state index in [2.05, 4.69) is 10.4 Å². The van der Waals surface area contributed by atoms with Gasteiger partial charge in [-0.15, -0.1) is 0 Å². The van der Waals surface area contributed by atoms with Crippen LogP contribution in [0.3, 0.4) is 0 Å². The number of nitrogens with zero attached hydrogens (tertiary/aromatic N) is 2. The summed E-state index contributed by atoms with van der Waals surface area (Å²) in [6.07, 6.45) is 2.75. The molecule has 0 fully saturated rings. The molecule has 1 aromatic rings. The molecule has 0 saturated heterocycles. The van der Waals surface area contributed by atoms with Gasteiger partial charge < -0.3 is 5.32 Å². The Hall–Kier alpha value is -0.590. The minimum atomic E-state index is -3.15. The summed E-state index contributed by atoms with van der Waals surface area (Å²) in [5.74, 6) is 0. The number of halogens is 1. The van der Waals surface area contributed by atoms with Gasteiger partial charge in [-0.05, 0) is 13.5 Å². The van der Waals surface area contributed by atoms with Crippen LogP contribution in [0.2, 0.25) is 5.02 Å². The molecule has 2 unspecified atom stereocenters. The van der Waals surface area contributed by atoms with Gasteiger partial charge in [-0.1, -0.05) is 18.5 Å². The summed E-state index contributed by atoms with van der Waals surface area (Å²) >= 11 is 6.05. The van der Waals surface area contributed by atoms with Crippen LogP contribution in [0.15, 0.2) is 6.20 Å². The zero-order chi connectivity index (χ0) is 13.2. The van der Waals surface area contributed by atoms with Gasteiger partial charge in [-0.25, -0.2) is 8.42 Å². The number of nitrogens with one attached hydrogen (secondary N) is 1. The van der Waals surface area contributed by atoms with E-state index < -0.39 is 15.1 Å². The molecular weight excluding hydrogens is 262 g/mol. The normalized spacial score (nSPS) is 15.8. The number of aromatic nitrogens is 2. The molecule has 0 saturated carbocycles. The molecule has 98 valence electrons. The zero-order valence-corrected chi connectivity index (χ0v) is 12.0. The molecule has 1 N–H and O–H groups in total. The molecule has 1 rings (SSSR count). The van der Waals surface area contributed by atoms with Crippen LogP contribution in [0.25, 0.3) is 0 Å². The maximum Gasteiger partial charge on any atom is 0.151 e. The highest BCUT2D eigenvalue weighted by molar-refractivity contribution is 7.91. The number of sulfone groups is 1. The monoisotopic (exact) mass is 279 g/mol. The summed E-state index contributed by atoms with van der Waals surface area (Å²) in [7, 11) is -1.40. The first kappa shape index (κ1) is 14.5. The Morgan fingerprint density at radius 1 is 1.59 bits per heavy atom. The van der Waals surface area contributed by atoms with Crippen molar-refractivity contribution < 1.29 is 8.42 Å². The average molecular weight is 280 g/mol. The summed E-state index contributed by atoms with van der Waals surface area (Å²) < 4.78 is 24.9. The highest BCUT2D eigenvalue weighted by Gasteiger charge is 2.30. The van der Waals surface area contributed by atoms with Gasteiger partial charge in [0, 0.05) is 13.3 Å². The van der Waals surface area contributed by atoms with Crippen LogP contribution >= 0.6 is 11.6 Å². The Labute approximate surface area is 107 Å². The van der Waals surface area contributed by atoms with Gasteiger partial charge in [0.15, 0.2) is 9.84 Å². The molecule has 0 aliphatic carbocycles. The number of hydrogen-bond donors (Lipinski definition) is 1. The van der Waals surface area contributed by atoms with Crippen molar-refractivity contribution in [1.82, 2.24) is 15.1 Å². The molecule has 5 nitrogen and oxygen atoms in total. The molecule has 0 bridgehead atoms. The van der Waals surface area contributed by atoms with Gasteiger partial charge in [0.2, 0.25) is 0 Å². The second-order valence-electron chi connectivity index (χ2n) is 4.07. The summed E-state index contributed by atoms with van der Waals surface area (Å²) in [4.78, 5) is 0. The molecule has 1 heterocycles. The van der Waals surface area contributed by atoms with Crippen LogP contribution < -0.4 is 5.32 Å². The van der Waals surface area contributed by atoms with E-state index >= 15 is 0 Å². The van der Waals surface area contributed by atoms with Crippen molar-refractivity contribution in [2.24, 2.45) is 7.05 Å². The third-order valence-electron chi connectivity index (χ3n) is 2.80. The predicted octanol–water partition coefficient (Wildman–Crippen LogP) is 1.16. The summed E-state index contributed by atoms with van der Waals surface area (Å²) in [6, 6.07) is -0.352. The van der Waals surface area contributed by atoms with Crippen molar-refractivity contribution >= 4 is 21.4 Å². The van der Waals surface area contributed by atoms with E-state index in [1.165, 1.54) is 12.5 Å². The first-order valence-electron chi connectivity index (χ1n) is 5.38. The summed E-state index contributed by atoms with van der Waals surface area (Å²) in [5.41, 5.74) is 0.700. The van der Waals surface area contributed by atoms with Crippen LogP contribution in [-0.2, 0) is 16.9 Å². The van der Waals surface area contributed by atoms with Gasteiger partial charge in [-0.3, -0.25) is 4.68 Å². The SMILES string of the molecule is CCNC(c1c(Cl)cnn1C)C(C)S(C)(=O)=O. The lowest BCUT2D eigenvalue weighted by Gasteiger charge is -2.24. The van der Waals surface area contributed by atoms with E-state index in [1.807, 2.05) is 6.92 Å². The number of aryl methyl sites for hydroxylation is 1. The van der Waals surface area contributed by atoms with Gasteiger partial charge in [0.25, 0.3) is 0 Å². The van der Waals surface area contributed by atoms with Gasteiger partial charge in [0.05, 0.1) is 28.2 Å². The van der Waals surface area contributed by atoms with Crippen LogP contribution in [0.5, 0.6) is 0 Å². The first-order chi connectivity index (χ1) is 7.79. The van der Waals surface area contributed by atoms with Crippen molar-refractivity contribution in [1.29, 1.82) is 0 Å². The van der Waals surface area contributed by atoms with Crippen molar-refractivity contribution in [3.05, 3.63) is 16.9 Å². The molecule has 0 spiro atoms. The van der Waals surface area contributed by atoms with E-state index in [9.17, 15) is 8.42 Å². The zero-order valence-electron chi connectivity index (χ0n) is 10.4. The highest BCUT2D eigenvalue weighted by Crippen LogP contribution is 2.27. The van der Waals surface area contributed by atoms with Crippen molar-refractivity contribution in [2.75, 3.05) is 12.8 Å². The smallest absolute Gasteiger partial charge is 0.151 e.